The summed E-state index contributed by atoms with van der Waals surface area (Å²) in [7, 11) is 0. The Bertz CT molecular complexity index is 730. The van der Waals surface area contributed by atoms with E-state index in [9.17, 15) is 9.59 Å². The normalized spacial score (nSPS) is 10.3. The number of anilines is 1. The molecule has 0 aliphatic heterocycles. The maximum atomic E-state index is 11.9. The van der Waals surface area contributed by atoms with Crippen LogP contribution < -0.4 is 10.6 Å². The second-order valence-electron chi connectivity index (χ2n) is 5.25. The average molecular weight is 365 g/mol. The molecule has 0 radical (unpaired) electrons. The topological polar surface area (TPSA) is 58.2 Å². The van der Waals surface area contributed by atoms with Crippen molar-refractivity contribution in [1.82, 2.24) is 5.32 Å². The lowest BCUT2D eigenvalue weighted by molar-refractivity contribution is -0.136. The molecule has 2 aromatic rings. The maximum absolute atomic E-state index is 11.9. The van der Waals surface area contributed by atoms with Crippen LogP contribution in [0.25, 0.3) is 0 Å². The van der Waals surface area contributed by atoms with E-state index in [-0.39, 0.29) is 0 Å². The van der Waals surface area contributed by atoms with Crippen molar-refractivity contribution in [3.8, 4) is 0 Å². The van der Waals surface area contributed by atoms with E-state index >= 15 is 0 Å². The number of hydrogen-bond donors (Lipinski definition) is 2. The second kappa shape index (κ2) is 8.71. The average Bonchev–Trinajstić information content (AvgIpc) is 2.57. The Morgan fingerprint density at radius 1 is 1.00 bits per heavy atom. The zero-order valence-electron chi connectivity index (χ0n) is 13.2. The van der Waals surface area contributed by atoms with Crippen molar-refractivity contribution < 1.29 is 9.59 Å². The van der Waals surface area contributed by atoms with E-state index in [1.807, 2.05) is 19.1 Å². The lowest BCUT2D eigenvalue weighted by Crippen LogP contribution is -2.36. The molecule has 126 valence electrons. The molecule has 24 heavy (non-hydrogen) atoms. The van der Waals surface area contributed by atoms with Crippen molar-refractivity contribution in [3.63, 3.8) is 0 Å². The Morgan fingerprint density at radius 3 is 2.33 bits per heavy atom. The molecule has 2 aromatic carbocycles. The van der Waals surface area contributed by atoms with E-state index in [1.54, 1.807) is 30.3 Å². The summed E-state index contributed by atoms with van der Waals surface area (Å²) in [6.45, 7) is 2.36. The molecule has 0 spiro atoms. The van der Waals surface area contributed by atoms with Gasteiger partial charge in [-0.15, -0.1) is 0 Å². The summed E-state index contributed by atoms with van der Waals surface area (Å²) in [6.07, 6.45) is 1.43. The van der Waals surface area contributed by atoms with Gasteiger partial charge in [0.15, 0.2) is 0 Å². The Hall–Kier alpha value is -2.04. The SMILES string of the molecule is CCc1ccc(NC(=O)C(=O)NCCc2ccc(Cl)cc2Cl)cc1. The molecule has 0 atom stereocenters. The van der Waals surface area contributed by atoms with Gasteiger partial charge in [0.25, 0.3) is 0 Å². The van der Waals surface area contributed by atoms with Gasteiger partial charge in [0.05, 0.1) is 0 Å². The first-order chi connectivity index (χ1) is 11.5. The largest absolute Gasteiger partial charge is 0.347 e. The van der Waals surface area contributed by atoms with Crippen LogP contribution in [0.5, 0.6) is 0 Å². The number of carbonyl (C=O) groups excluding carboxylic acids is 2. The molecule has 0 aliphatic rings. The van der Waals surface area contributed by atoms with E-state index in [4.69, 9.17) is 23.2 Å². The van der Waals surface area contributed by atoms with Gasteiger partial charge in [0.2, 0.25) is 0 Å². The van der Waals surface area contributed by atoms with Crippen LogP contribution in [-0.4, -0.2) is 18.4 Å². The lowest BCUT2D eigenvalue weighted by Gasteiger charge is -2.08. The summed E-state index contributed by atoms with van der Waals surface area (Å²) >= 11 is 11.9. The molecule has 0 fully saturated rings. The number of benzene rings is 2. The number of halogens is 2. The first-order valence-corrected chi connectivity index (χ1v) is 8.37. The maximum Gasteiger partial charge on any atom is 0.313 e. The molecular formula is C18H18Cl2N2O2. The third-order valence-corrected chi connectivity index (χ3v) is 4.11. The highest BCUT2D eigenvalue weighted by molar-refractivity contribution is 6.39. The monoisotopic (exact) mass is 364 g/mol. The molecule has 0 aromatic heterocycles. The molecule has 2 amide bonds. The summed E-state index contributed by atoms with van der Waals surface area (Å²) in [5, 5.41) is 6.23. The number of carbonyl (C=O) groups is 2. The van der Waals surface area contributed by atoms with Gasteiger partial charge in [-0.1, -0.05) is 48.3 Å². The van der Waals surface area contributed by atoms with Crippen LogP contribution in [0.1, 0.15) is 18.1 Å². The van der Waals surface area contributed by atoms with E-state index in [1.165, 1.54) is 0 Å². The molecule has 2 N–H and O–H groups in total. The Kier molecular flexibility index (Phi) is 6.64. The van der Waals surface area contributed by atoms with Crippen LogP contribution in [0.15, 0.2) is 42.5 Å². The van der Waals surface area contributed by atoms with Crippen LogP contribution in [0.4, 0.5) is 5.69 Å². The molecule has 6 heteroatoms. The predicted octanol–water partition coefficient (Wildman–Crippen LogP) is 3.85. The summed E-state index contributed by atoms with van der Waals surface area (Å²) < 4.78 is 0. The fraction of sp³-hybridized carbons (Fsp3) is 0.222. The van der Waals surface area contributed by atoms with Gasteiger partial charge in [-0.05, 0) is 48.2 Å². The number of hydrogen-bond acceptors (Lipinski definition) is 2. The molecule has 0 saturated carbocycles. The Balaban J connectivity index is 1.81. The van der Waals surface area contributed by atoms with E-state index in [0.717, 1.165) is 17.5 Å². The molecule has 4 nitrogen and oxygen atoms in total. The molecule has 0 aliphatic carbocycles. The van der Waals surface area contributed by atoms with Gasteiger partial charge < -0.3 is 10.6 Å². The quantitative estimate of drug-likeness (QED) is 0.791. The third-order valence-electron chi connectivity index (χ3n) is 3.52. The van der Waals surface area contributed by atoms with Gasteiger partial charge in [0, 0.05) is 22.3 Å². The Morgan fingerprint density at radius 2 is 1.71 bits per heavy atom. The molecule has 0 heterocycles. The van der Waals surface area contributed by atoms with Crippen LogP contribution in [0, 0.1) is 0 Å². The summed E-state index contributed by atoms with van der Waals surface area (Å²) in [5.74, 6) is -1.37. The molecular weight excluding hydrogens is 347 g/mol. The summed E-state index contributed by atoms with van der Waals surface area (Å²) in [6, 6.07) is 12.6. The highest BCUT2D eigenvalue weighted by atomic mass is 35.5. The number of amides is 2. The van der Waals surface area contributed by atoms with Gasteiger partial charge in [-0.2, -0.15) is 0 Å². The number of rotatable bonds is 5. The van der Waals surface area contributed by atoms with Crippen molar-refractivity contribution in [3.05, 3.63) is 63.6 Å². The van der Waals surface area contributed by atoms with Crippen LogP contribution in [-0.2, 0) is 22.4 Å². The third kappa shape index (κ3) is 5.25. The number of aryl methyl sites for hydroxylation is 1. The zero-order chi connectivity index (χ0) is 17.5. The van der Waals surface area contributed by atoms with E-state index < -0.39 is 11.8 Å². The van der Waals surface area contributed by atoms with Crippen molar-refractivity contribution in [2.24, 2.45) is 0 Å². The van der Waals surface area contributed by atoms with Crippen molar-refractivity contribution in [1.29, 1.82) is 0 Å². The highest BCUT2D eigenvalue weighted by Gasteiger charge is 2.13. The fourth-order valence-electron chi connectivity index (χ4n) is 2.13. The first-order valence-electron chi connectivity index (χ1n) is 7.61. The zero-order valence-corrected chi connectivity index (χ0v) is 14.7. The molecule has 0 saturated heterocycles. The molecule has 0 bridgehead atoms. The minimum atomic E-state index is -0.693. The van der Waals surface area contributed by atoms with E-state index in [2.05, 4.69) is 10.6 Å². The Labute approximate surface area is 151 Å². The van der Waals surface area contributed by atoms with Gasteiger partial charge in [-0.25, -0.2) is 0 Å². The van der Waals surface area contributed by atoms with Crippen LogP contribution in [0.2, 0.25) is 10.0 Å². The first kappa shape index (κ1) is 18.3. The summed E-state index contributed by atoms with van der Waals surface area (Å²) in [4.78, 5) is 23.7. The predicted molar refractivity (Wildman–Crippen MR) is 97.6 cm³/mol. The molecule has 0 unspecified atom stereocenters. The van der Waals surface area contributed by atoms with Crippen molar-refractivity contribution in [2.75, 3.05) is 11.9 Å². The lowest BCUT2D eigenvalue weighted by atomic mass is 10.1. The minimum absolute atomic E-state index is 0.308. The fourth-order valence-corrected chi connectivity index (χ4v) is 2.63. The molecule has 2 rings (SSSR count). The standard InChI is InChI=1S/C18H18Cl2N2O2/c1-2-12-3-7-15(8-4-12)22-18(24)17(23)21-10-9-13-5-6-14(19)11-16(13)20/h3-8,11H,2,9-10H2,1H3,(H,21,23)(H,22,24). The van der Waals surface area contributed by atoms with Gasteiger partial charge in [-0.3, -0.25) is 9.59 Å². The van der Waals surface area contributed by atoms with Gasteiger partial charge >= 0.3 is 11.8 Å². The highest BCUT2D eigenvalue weighted by Crippen LogP contribution is 2.21. The smallest absolute Gasteiger partial charge is 0.313 e. The van der Waals surface area contributed by atoms with Crippen LogP contribution >= 0.6 is 23.2 Å². The van der Waals surface area contributed by atoms with Gasteiger partial charge in [0.1, 0.15) is 0 Å². The van der Waals surface area contributed by atoms with E-state index in [0.29, 0.717) is 28.7 Å². The summed E-state index contributed by atoms with van der Waals surface area (Å²) in [5.41, 5.74) is 2.61. The van der Waals surface area contributed by atoms with Crippen molar-refractivity contribution in [2.45, 2.75) is 19.8 Å². The minimum Gasteiger partial charge on any atom is -0.347 e. The second-order valence-corrected chi connectivity index (χ2v) is 6.09. The van der Waals surface area contributed by atoms with Crippen LogP contribution in [0.3, 0.4) is 0 Å². The van der Waals surface area contributed by atoms with Crippen molar-refractivity contribution >= 4 is 40.7 Å². The number of nitrogens with one attached hydrogen (secondary N) is 2.